The van der Waals surface area contributed by atoms with E-state index in [0.717, 1.165) is 15.8 Å². The molecular formula is C18H13FN4O2S. The number of aryl methyl sites for hydroxylation is 1. The Hall–Kier alpha value is -3.13. The first-order chi connectivity index (χ1) is 12.5. The van der Waals surface area contributed by atoms with E-state index in [4.69, 9.17) is 0 Å². The highest BCUT2D eigenvalue weighted by Crippen LogP contribution is 2.27. The predicted octanol–water partition coefficient (Wildman–Crippen LogP) is 3.09. The Morgan fingerprint density at radius 3 is 3.00 bits per heavy atom. The van der Waals surface area contributed by atoms with Crippen LogP contribution in [0.1, 0.15) is 5.56 Å². The second-order valence-electron chi connectivity index (χ2n) is 5.82. The van der Waals surface area contributed by atoms with Crippen LogP contribution < -0.4 is 10.9 Å². The van der Waals surface area contributed by atoms with Crippen molar-refractivity contribution in [3.8, 4) is 0 Å². The van der Waals surface area contributed by atoms with Crippen LogP contribution in [-0.2, 0) is 11.3 Å². The number of carbonyl (C=O) groups excluding carboxylic acids is 1. The van der Waals surface area contributed by atoms with Crippen LogP contribution in [0.5, 0.6) is 0 Å². The van der Waals surface area contributed by atoms with E-state index < -0.39 is 11.7 Å². The summed E-state index contributed by atoms with van der Waals surface area (Å²) in [6.45, 7) is 1.55. The summed E-state index contributed by atoms with van der Waals surface area (Å²) in [6.07, 6.45) is 3.01. The van der Waals surface area contributed by atoms with Gasteiger partial charge in [-0.05, 0) is 36.8 Å². The highest BCUT2D eigenvalue weighted by atomic mass is 32.1. The molecule has 0 aliphatic rings. The van der Waals surface area contributed by atoms with E-state index in [2.05, 4.69) is 15.3 Å². The van der Waals surface area contributed by atoms with Gasteiger partial charge in [0.15, 0.2) is 0 Å². The summed E-state index contributed by atoms with van der Waals surface area (Å²) in [5, 5.41) is 3.44. The van der Waals surface area contributed by atoms with Crippen molar-refractivity contribution in [3.05, 3.63) is 64.6 Å². The number of thiophene rings is 1. The van der Waals surface area contributed by atoms with Gasteiger partial charge in [0.2, 0.25) is 5.91 Å². The third-order valence-corrected chi connectivity index (χ3v) is 5.10. The number of aromatic nitrogens is 3. The zero-order chi connectivity index (χ0) is 18.3. The zero-order valence-corrected chi connectivity index (χ0v) is 14.5. The number of nitrogens with zero attached hydrogens (tertiary/aromatic N) is 3. The molecule has 1 N–H and O–H groups in total. The molecule has 0 atom stereocenters. The van der Waals surface area contributed by atoms with Gasteiger partial charge in [-0.2, -0.15) is 0 Å². The van der Waals surface area contributed by atoms with Gasteiger partial charge in [0.25, 0.3) is 5.56 Å². The largest absolute Gasteiger partial charge is 0.324 e. The summed E-state index contributed by atoms with van der Waals surface area (Å²) in [6, 6.07) is 7.79. The van der Waals surface area contributed by atoms with Gasteiger partial charge in [-0.3, -0.25) is 14.2 Å². The van der Waals surface area contributed by atoms with Gasteiger partial charge in [-0.25, -0.2) is 14.4 Å². The molecule has 0 aliphatic carbocycles. The van der Waals surface area contributed by atoms with Crippen LogP contribution in [0.4, 0.5) is 10.1 Å². The standard InChI is InChI=1S/C18H13FN4O2S/c1-10-4-5-11(19)7-13(10)22-14(24)8-23-9-21-15-12-3-2-6-20-17(12)26-16(15)18(23)25/h2-7,9H,8H2,1H3,(H,22,24). The van der Waals surface area contributed by atoms with Crippen LogP contribution in [-0.4, -0.2) is 20.4 Å². The van der Waals surface area contributed by atoms with Gasteiger partial charge in [0, 0.05) is 17.3 Å². The third-order valence-electron chi connectivity index (χ3n) is 4.01. The summed E-state index contributed by atoms with van der Waals surface area (Å²) in [4.78, 5) is 34.2. The first kappa shape index (κ1) is 16.3. The van der Waals surface area contributed by atoms with Crippen LogP contribution in [0.25, 0.3) is 20.4 Å². The number of nitrogens with one attached hydrogen (secondary N) is 1. The monoisotopic (exact) mass is 368 g/mol. The number of carbonyl (C=O) groups is 1. The molecular weight excluding hydrogens is 355 g/mol. The van der Waals surface area contributed by atoms with Crippen LogP contribution in [0, 0.1) is 12.7 Å². The number of halogens is 1. The lowest BCUT2D eigenvalue weighted by Crippen LogP contribution is -2.27. The maximum absolute atomic E-state index is 13.3. The number of anilines is 1. The van der Waals surface area contributed by atoms with Crippen molar-refractivity contribution in [2.45, 2.75) is 13.5 Å². The predicted molar refractivity (Wildman–Crippen MR) is 98.9 cm³/mol. The lowest BCUT2D eigenvalue weighted by molar-refractivity contribution is -0.116. The fourth-order valence-electron chi connectivity index (χ4n) is 2.69. The van der Waals surface area contributed by atoms with Crippen molar-refractivity contribution in [3.63, 3.8) is 0 Å². The van der Waals surface area contributed by atoms with Crippen LogP contribution >= 0.6 is 11.3 Å². The van der Waals surface area contributed by atoms with E-state index >= 15 is 0 Å². The van der Waals surface area contributed by atoms with E-state index in [0.29, 0.717) is 15.9 Å². The van der Waals surface area contributed by atoms with Gasteiger partial charge < -0.3 is 5.32 Å². The minimum Gasteiger partial charge on any atom is -0.324 e. The average Bonchev–Trinajstić information content (AvgIpc) is 3.00. The molecule has 3 heterocycles. The summed E-state index contributed by atoms with van der Waals surface area (Å²) in [7, 11) is 0. The van der Waals surface area contributed by atoms with Crippen LogP contribution in [0.3, 0.4) is 0 Å². The number of pyridine rings is 1. The maximum atomic E-state index is 13.3. The first-order valence-corrected chi connectivity index (χ1v) is 8.63. The quantitative estimate of drug-likeness (QED) is 0.603. The Balaban J connectivity index is 1.65. The van der Waals surface area contributed by atoms with Crippen molar-refractivity contribution >= 4 is 43.4 Å². The molecule has 0 spiro atoms. The molecule has 0 saturated heterocycles. The highest BCUT2D eigenvalue weighted by Gasteiger charge is 2.14. The first-order valence-electron chi connectivity index (χ1n) is 7.81. The van der Waals surface area contributed by atoms with Crippen molar-refractivity contribution in [1.29, 1.82) is 0 Å². The van der Waals surface area contributed by atoms with Gasteiger partial charge in [-0.15, -0.1) is 11.3 Å². The Labute approximate surface area is 150 Å². The molecule has 4 aromatic rings. The molecule has 4 rings (SSSR count). The van der Waals surface area contributed by atoms with E-state index in [1.54, 1.807) is 25.3 Å². The number of benzene rings is 1. The van der Waals surface area contributed by atoms with Gasteiger partial charge in [-0.1, -0.05) is 6.07 Å². The number of rotatable bonds is 3. The summed E-state index contributed by atoms with van der Waals surface area (Å²) < 4.78 is 15.0. The van der Waals surface area contributed by atoms with Crippen molar-refractivity contribution < 1.29 is 9.18 Å². The fraction of sp³-hybridized carbons (Fsp3) is 0.111. The Bertz CT molecular complexity index is 1210. The number of hydrogen-bond acceptors (Lipinski definition) is 5. The number of fused-ring (bicyclic) bond motifs is 3. The summed E-state index contributed by atoms with van der Waals surface area (Å²) >= 11 is 1.25. The highest BCUT2D eigenvalue weighted by molar-refractivity contribution is 7.25. The molecule has 1 aromatic carbocycles. The Kier molecular flexibility index (Phi) is 3.96. The minimum atomic E-state index is -0.441. The maximum Gasteiger partial charge on any atom is 0.271 e. The third kappa shape index (κ3) is 2.84. The van der Waals surface area contributed by atoms with E-state index in [9.17, 15) is 14.0 Å². The van der Waals surface area contributed by atoms with E-state index in [1.165, 1.54) is 34.4 Å². The molecule has 0 saturated carbocycles. The van der Waals surface area contributed by atoms with Crippen molar-refractivity contribution in [2.24, 2.45) is 0 Å². The molecule has 6 nitrogen and oxygen atoms in total. The van der Waals surface area contributed by atoms with Gasteiger partial charge >= 0.3 is 0 Å². The second-order valence-corrected chi connectivity index (χ2v) is 6.82. The molecule has 3 aromatic heterocycles. The van der Waals surface area contributed by atoms with E-state index in [-0.39, 0.29) is 12.1 Å². The molecule has 0 unspecified atom stereocenters. The molecule has 8 heteroatoms. The molecule has 26 heavy (non-hydrogen) atoms. The molecule has 0 fully saturated rings. The second kappa shape index (κ2) is 6.30. The Morgan fingerprint density at radius 2 is 2.15 bits per heavy atom. The summed E-state index contributed by atoms with van der Waals surface area (Å²) in [5.41, 5.74) is 1.39. The molecule has 0 bridgehead atoms. The normalized spacial score (nSPS) is 11.2. The van der Waals surface area contributed by atoms with Crippen LogP contribution in [0.15, 0.2) is 47.7 Å². The number of amides is 1. The minimum absolute atomic E-state index is 0.209. The molecule has 0 radical (unpaired) electrons. The van der Waals surface area contributed by atoms with Gasteiger partial charge in [0.1, 0.15) is 21.9 Å². The molecule has 0 aliphatic heterocycles. The van der Waals surface area contributed by atoms with Crippen molar-refractivity contribution in [2.75, 3.05) is 5.32 Å². The molecule has 130 valence electrons. The SMILES string of the molecule is Cc1ccc(F)cc1NC(=O)Cn1cnc2c(sc3ncccc32)c1=O. The summed E-state index contributed by atoms with van der Waals surface area (Å²) in [5.74, 6) is -0.870. The topological polar surface area (TPSA) is 76.9 Å². The Morgan fingerprint density at radius 1 is 1.31 bits per heavy atom. The number of hydrogen-bond donors (Lipinski definition) is 1. The average molecular weight is 368 g/mol. The zero-order valence-electron chi connectivity index (χ0n) is 13.7. The van der Waals surface area contributed by atoms with E-state index in [1.807, 2.05) is 6.07 Å². The lowest BCUT2D eigenvalue weighted by Gasteiger charge is -2.09. The fourth-order valence-corrected chi connectivity index (χ4v) is 3.73. The lowest BCUT2D eigenvalue weighted by atomic mass is 10.2. The van der Waals surface area contributed by atoms with Crippen LogP contribution in [0.2, 0.25) is 0 Å². The van der Waals surface area contributed by atoms with Gasteiger partial charge in [0.05, 0.1) is 11.8 Å². The molecule has 1 amide bonds. The van der Waals surface area contributed by atoms with Crippen molar-refractivity contribution in [1.82, 2.24) is 14.5 Å². The smallest absolute Gasteiger partial charge is 0.271 e.